The Labute approximate surface area is 104 Å². The molecular formula is C11H10F6O2. The number of rotatable bonds is 2. The lowest BCUT2D eigenvalue weighted by Crippen LogP contribution is -2.46. The van der Waals surface area contributed by atoms with E-state index in [4.69, 9.17) is 0 Å². The molecule has 0 aromatic rings. The highest BCUT2D eigenvalue weighted by atomic mass is 19.4. The van der Waals surface area contributed by atoms with Crippen LogP contribution in [0.4, 0.5) is 26.3 Å². The molecule has 0 heterocycles. The second-order valence-corrected chi connectivity index (χ2v) is 4.79. The van der Waals surface area contributed by atoms with Crippen LogP contribution in [0.3, 0.4) is 0 Å². The fraction of sp³-hybridized carbons (Fsp3) is 0.727. The molecule has 0 unspecified atom stereocenters. The molecule has 2 nitrogen and oxygen atoms in total. The highest BCUT2D eigenvalue weighted by Crippen LogP contribution is 2.45. The van der Waals surface area contributed by atoms with E-state index in [1.165, 1.54) is 0 Å². The van der Waals surface area contributed by atoms with Gasteiger partial charge < -0.3 is 4.74 Å². The molecule has 0 saturated heterocycles. The van der Waals surface area contributed by atoms with E-state index in [2.05, 4.69) is 4.74 Å². The van der Waals surface area contributed by atoms with Gasteiger partial charge in [0.1, 0.15) is 0 Å². The Bertz CT molecular complexity index is 383. The van der Waals surface area contributed by atoms with Crippen LogP contribution < -0.4 is 0 Å². The van der Waals surface area contributed by atoms with Crippen molar-refractivity contribution in [3.8, 4) is 0 Å². The van der Waals surface area contributed by atoms with Crippen LogP contribution in [0.2, 0.25) is 0 Å². The first-order valence-electron chi connectivity index (χ1n) is 5.61. The van der Waals surface area contributed by atoms with Crippen molar-refractivity contribution in [2.24, 2.45) is 17.8 Å². The zero-order valence-corrected chi connectivity index (χ0v) is 9.46. The summed E-state index contributed by atoms with van der Waals surface area (Å²) < 4.78 is 77.1. The van der Waals surface area contributed by atoms with E-state index in [0.717, 1.165) is 0 Å². The van der Waals surface area contributed by atoms with Crippen molar-refractivity contribution in [1.82, 2.24) is 0 Å². The van der Waals surface area contributed by atoms with Crippen molar-refractivity contribution in [2.45, 2.75) is 31.3 Å². The van der Waals surface area contributed by atoms with Crippen LogP contribution in [0.15, 0.2) is 12.2 Å². The second kappa shape index (κ2) is 4.42. The first-order valence-corrected chi connectivity index (χ1v) is 5.61. The van der Waals surface area contributed by atoms with Gasteiger partial charge in [0, 0.05) is 0 Å². The van der Waals surface area contributed by atoms with E-state index in [9.17, 15) is 31.1 Å². The van der Waals surface area contributed by atoms with Crippen molar-refractivity contribution in [3.05, 3.63) is 12.2 Å². The van der Waals surface area contributed by atoms with Gasteiger partial charge >= 0.3 is 18.3 Å². The third kappa shape index (κ3) is 2.87. The van der Waals surface area contributed by atoms with Crippen LogP contribution in [0, 0.1) is 17.8 Å². The summed E-state index contributed by atoms with van der Waals surface area (Å²) in [5.74, 6) is -2.57. The summed E-state index contributed by atoms with van der Waals surface area (Å²) in [6, 6.07) is 0. The molecule has 0 N–H and O–H groups in total. The average molecular weight is 288 g/mol. The van der Waals surface area contributed by atoms with Gasteiger partial charge in [-0.3, -0.25) is 4.79 Å². The van der Waals surface area contributed by atoms with Crippen LogP contribution >= 0.6 is 0 Å². The molecule has 0 aliphatic heterocycles. The number of fused-ring (bicyclic) bond motifs is 2. The predicted molar refractivity (Wildman–Crippen MR) is 50.8 cm³/mol. The summed E-state index contributed by atoms with van der Waals surface area (Å²) in [4.78, 5) is 11.5. The molecular weight excluding hydrogens is 278 g/mol. The van der Waals surface area contributed by atoms with Crippen molar-refractivity contribution in [2.75, 3.05) is 0 Å². The fourth-order valence-electron chi connectivity index (χ4n) is 2.57. The SMILES string of the molecule is O=C(OC(C(F)(F)F)C(F)(F)F)[C@@H]1C[C@@H]2C=C[C@H]1C2. The van der Waals surface area contributed by atoms with E-state index < -0.39 is 30.3 Å². The van der Waals surface area contributed by atoms with Gasteiger partial charge in [-0.15, -0.1) is 0 Å². The quantitative estimate of drug-likeness (QED) is 0.443. The van der Waals surface area contributed by atoms with E-state index in [-0.39, 0.29) is 18.3 Å². The Kier molecular flexibility index (Phi) is 3.30. The van der Waals surface area contributed by atoms with Gasteiger partial charge in [0.25, 0.3) is 6.10 Å². The van der Waals surface area contributed by atoms with Crippen LogP contribution in [0.1, 0.15) is 12.8 Å². The van der Waals surface area contributed by atoms with Gasteiger partial charge in [0.15, 0.2) is 0 Å². The maximum Gasteiger partial charge on any atom is 0.434 e. The largest absolute Gasteiger partial charge is 0.443 e. The Balaban J connectivity index is 2.06. The number of hydrogen-bond donors (Lipinski definition) is 0. The topological polar surface area (TPSA) is 26.3 Å². The molecule has 2 aliphatic carbocycles. The fourth-order valence-corrected chi connectivity index (χ4v) is 2.57. The molecule has 108 valence electrons. The highest BCUT2D eigenvalue weighted by molar-refractivity contribution is 5.74. The summed E-state index contributed by atoms with van der Waals surface area (Å²) in [6.45, 7) is 0. The third-order valence-corrected chi connectivity index (χ3v) is 3.41. The van der Waals surface area contributed by atoms with Crippen molar-refractivity contribution < 1.29 is 35.9 Å². The molecule has 8 heteroatoms. The van der Waals surface area contributed by atoms with Crippen molar-refractivity contribution >= 4 is 5.97 Å². The van der Waals surface area contributed by atoms with Crippen LogP contribution in [0.5, 0.6) is 0 Å². The molecule has 3 atom stereocenters. The average Bonchev–Trinajstić information content (AvgIpc) is 2.83. The number of carbonyl (C=O) groups is 1. The van der Waals surface area contributed by atoms with Crippen LogP contribution in [0.25, 0.3) is 0 Å². The summed E-state index contributed by atoms with van der Waals surface area (Å²) in [6.07, 6.45) is -11.0. The number of ether oxygens (including phenoxy) is 1. The Hall–Kier alpha value is -1.21. The van der Waals surface area contributed by atoms with Crippen molar-refractivity contribution in [3.63, 3.8) is 0 Å². The zero-order valence-electron chi connectivity index (χ0n) is 9.46. The zero-order chi connectivity index (χ0) is 14.4. The Morgan fingerprint density at radius 2 is 1.63 bits per heavy atom. The second-order valence-electron chi connectivity index (χ2n) is 4.79. The molecule has 0 spiro atoms. The van der Waals surface area contributed by atoms with Crippen molar-refractivity contribution in [1.29, 1.82) is 0 Å². The molecule has 0 aromatic carbocycles. The molecule has 0 amide bonds. The molecule has 19 heavy (non-hydrogen) atoms. The Morgan fingerprint density at radius 1 is 1.05 bits per heavy atom. The van der Waals surface area contributed by atoms with Gasteiger partial charge in [-0.05, 0) is 24.7 Å². The molecule has 2 aliphatic rings. The first kappa shape index (κ1) is 14.2. The number of allylic oxidation sites excluding steroid dienone is 2. The maximum absolute atomic E-state index is 12.2. The summed E-state index contributed by atoms with van der Waals surface area (Å²) in [5, 5.41) is 0. The summed E-state index contributed by atoms with van der Waals surface area (Å²) in [7, 11) is 0. The molecule has 0 aromatic heterocycles. The third-order valence-electron chi connectivity index (χ3n) is 3.41. The normalized spacial score (nSPS) is 30.2. The maximum atomic E-state index is 12.2. The minimum Gasteiger partial charge on any atom is -0.443 e. The summed E-state index contributed by atoms with van der Waals surface area (Å²) in [5.41, 5.74) is 0. The van der Waals surface area contributed by atoms with E-state index in [1.54, 1.807) is 6.08 Å². The standard InChI is InChI=1S/C11H10F6O2/c12-10(13,14)9(11(15,16)17)19-8(18)7-4-5-1-2-6(7)3-5/h1-2,5-7,9H,3-4H2/t5-,6+,7-/m1/s1. The van der Waals surface area contributed by atoms with Gasteiger partial charge in [-0.1, -0.05) is 12.2 Å². The van der Waals surface area contributed by atoms with Gasteiger partial charge in [-0.25, -0.2) is 0 Å². The van der Waals surface area contributed by atoms with Crippen LogP contribution in [-0.4, -0.2) is 24.4 Å². The number of halogens is 6. The number of carbonyl (C=O) groups excluding carboxylic acids is 1. The predicted octanol–water partition coefficient (Wildman–Crippen LogP) is 3.24. The monoisotopic (exact) mass is 288 g/mol. The lowest BCUT2D eigenvalue weighted by Gasteiger charge is -2.25. The van der Waals surface area contributed by atoms with Crippen LogP contribution in [-0.2, 0) is 9.53 Å². The minimum absolute atomic E-state index is 0.0535. The minimum atomic E-state index is -5.65. The molecule has 2 bridgehead atoms. The first-order chi connectivity index (χ1) is 8.59. The summed E-state index contributed by atoms with van der Waals surface area (Å²) >= 11 is 0. The lowest BCUT2D eigenvalue weighted by atomic mass is 9.94. The molecule has 1 saturated carbocycles. The number of alkyl halides is 6. The van der Waals surface area contributed by atoms with E-state index >= 15 is 0 Å². The van der Waals surface area contributed by atoms with Gasteiger partial charge in [-0.2, -0.15) is 26.3 Å². The number of hydrogen-bond acceptors (Lipinski definition) is 2. The lowest BCUT2D eigenvalue weighted by molar-refractivity contribution is -0.314. The van der Waals surface area contributed by atoms with Gasteiger partial charge in [0.2, 0.25) is 0 Å². The smallest absolute Gasteiger partial charge is 0.434 e. The highest BCUT2D eigenvalue weighted by Gasteiger charge is 2.60. The molecule has 1 fully saturated rings. The molecule has 0 radical (unpaired) electrons. The van der Waals surface area contributed by atoms with E-state index in [1.807, 2.05) is 6.08 Å². The van der Waals surface area contributed by atoms with E-state index in [0.29, 0.717) is 6.42 Å². The van der Waals surface area contributed by atoms with Gasteiger partial charge in [0.05, 0.1) is 5.92 Å². The number of esters is 1. The molecule has 2 rings (SSSR count). The Morgan fingerprint density at radius 3 is 2.00 bits per heavy atom.